The average molecular weight is 302 g/mol. The second-order valence-corrected chi connectivity index (χ2v) is 4.91. The molecule has 0 aliphatic carbocycles. The van der Waals surface area contributed by atoms with Gasteiger partial charge in [0.1, 0.15) is 6.04 Å². The third-order valence-electron chi connectivity index (χ3n) is 2.35. The van der Waals surface area contributed by atoms with Crippen molar-refractivity contribution in [3.8, 4) is 0 Å². The maximum Gasteiger partial charge on any atom is 0.326 e. The lowest BCUT2D eigenvalue weighted by atomic mass is 10.2. The van der Waals surface area contributed by atoms with Crippen LogP contribution < -0.4 is 21.7 Å². The summed E-state index contributed by atoms with van der Waals surface area (Å²) >= 11 is 0. The van der Waals surface area contributed by atoms with Gasteiger partial charge < -0.3 is 26.8 Å². The van der Waals surface area contributed by atoms with Crippen molar-refractivity contribution in [3.63, 3.8) is 0 Å². The van der Waals surface area contributed by atoms with E-state index in [0.29, 0.717) is 12.5 Å². The number of carboxylic acid groups (broad SMARTS) is 1. The van der Waals surface area contributed by atoms with Crippen molar-refractivity contribution < 1.29 is 24.3 Å². The van der Waals surface area contributed by atoms with Gasteiger partial charge in [-0.25, -0.2) is 9.59 Å². The molecule has 120 valence electrons. The molecule has 0 aromatic heterocycles. The van der Waals surface area contributed by atoms with Gasteiger partial charge in [-0.3, -0.25) is 9.59 Å². The molecule has 0 aromatic rings. The Morgan fingerprint density at radius 3 is 2.24 bits per heavy atom. The van der Waals surface area contributed by atoms with Crippen molar-refractivity contribution in [2.24, 2.45) is 11.7 Å². The van der Waals surface area contributed by atoms with Crippen LogP contribution in [0.2, 0.25) is 0 Å². The summed E-state index contributed by atoms with van der Waals surface area (Å²) in [5.41, 5.74) is 4.88. The van der Waals surface area contributed by atoms with Crippen LogP contribution in [0.3, 0.4) is 0 Å². The SMILES string of the molecule is CC(C)CNC(=O)CCNC(=O)N[C@@H](CC(N)=O)C(=O)O. The molecule has 0 radical (unpaired) electrons. The maximum absolute atomic E-state index is 11.4. The lowest BCUT2D eigenvalue weighted by Gasteiger charge is -2.13. The molecule has 0 spiro atoms. The minimum Gasteiger partial charge on any atom is -0.480 e. The number of amides is 4. The molecule has 4 amide bonds. The number of rotatable bonds is 9. The van der Waals surface area contributed by atoms with E-state index in [0.717, 1.165) is 0 Å². The van der Waals surface area contributed by atoms with Crippen LogP contribution >= 0.6 is 0 Å². The molecule has 0 aliphatic heterocycles. The largest absolute Gasteiger partial charge is 0.480 e. The van der Waals surface area contributed by atoms with Crippen LogP contribution in [0.4, 0.5) is 4.79 Å². The van der Waals surface area contributed by atoms with E-state index < -0.39 is 30.4 Å². The fraction of sp³-hybridized carbons (Fsp3) is 0.667. The van der Waals surface area contributed by atoms with Gasteiger partial charge >= 0.3 is 12.0 Å². The lowest BCUT2D eigenvalue weighted by Crippen LogP contribution is -2.48. The highest BCUT2D eigenvalue weighted by Gasteiger charge is 2.21. The fourth-order valence-electron chi connectivity index (χ4n) is 1.31. The van der Waals surface area contributed by atoms with E-state index in [2.05, 4.69) is 16.0 Å². The predicted octanol–water partition coefficient (Wildman–Crippen LogP) is -1.22. The molecule has 0 unspecified atom stereocenters. The van der Waals surface area contributed by atoms with E-state index in [9.17, 15) is 19.2 Å². The molecule has 0 saturated carbocycles. The highest BCUT2D eigenvalue weighted by Crippen LogP contribution is 1.92. The Morgan fingerprint density at radius 2 is 1.76 bits per heavy atom. The molecule has 0 rings (SSSR count). The van der Waals surface area contributed by atoms with Crippen LogP contribution in [0.25, 0.3) is 0 Å². The van der Waals surface area contributed by atoms with Crippen LogP contribution in [0, 0.1) is 5.92 Å². The number of carboxylic acids is 1. The molecule has 9 nitrogen and oxygen atoms in total. The number of urea groups is 1. The first kappa shape index (κ1) is 18.7. The minimum absolute atomic E-state index is 0.0542. The van der Waals surface area contributed by atoms with Crippen molar-refractivity contribution >= 4 is 23.8 Å². The quantitative estimate of drug-likeness (QED) is 0.361. The first-order chi connectivity index (χ1) is 9.72. The Morgan fingerprint density at radius 1 is 1.14 bits per heavy atom. The Labute approximate surface area is 122 Å². The second-order valence-electron chi connectivity index (χ2n) is 4.91. The number of hydrogen-bond donors (Lipinski definition) is 5. The Kier molecular flexibility index (Phi) is 8.51. The summed E-state index contributed by atoms with van der Waals surface area (Å²) in [6.45, 7) is 4.51. The molecule has 1 atom stereocenters. The number of carbonyl (C=O) groups is 4. The highest BCUT2D eigenvalue weighted by atomic mass is 16.4. The topological polar surface area (TPSA) is 151 Å². The third kappa shape index (κ3) is 10.2. The molecule has 0 bridgehead atoms. The van der Waals surface area contributed by atoms with Crippen LogP contribution in [-0.2, 0) is 14.4 Å². The average Bonchev–Trinajstić information content (AvgIpc) is 2.34. The number of nitrogens with one attached hydrogen (secondary N) is 3. The maximum atomic E-state index is 11.4. The van der Waals surface area contributed by atoms with Crippen molar-refractivity contribution in [1.82, 2.24) is 16.0 Å². The van der Waals surface area contributed by atoms with Gasteiger partial charge in [0.05, 0.1) is 6.42 Å². The van der Waals surface area contributed by atoms with Crippen LogP contribution in [0.5, 0.6) is 0 Å². The number of hydrogen-bond acceptors (Lipinski definition) is 4. The van der Waals surface area contributed by atoms with Crippen molar-refractivity contribution in [2.75, 3.05) is 13.1 Å². The predicted molar refractivity (Wildman–Crippen MR) is 74.2 cm³/mol. The minimum atomic E-state index is -1.39. The zero-order chi connectivity index (χ0) is 16.4. The zero-order valence-corrected chi connectivity index (χ0v) is 12.1. The molecular weight excluding hydrogens is 280 g/mol. The Hall–Kier alpha value is -2.32. The van der Waals surface area contributed by atoms with Gasteiger partial charge in [-0.1, -0.05) is 13.8 Å². The van der Waals surface area contributed by atoms with E-state index >= 15 is 0 Å². The first-order valence-electron chi connectivity index (χ1n) is 6.54. The van der Waals surface area contributed by atoms with Crippen molar-refractivity contribution in [2.45, 2.75) is 32.7 Å². The summed E-state index contributed by atoms with van der Waals surface area (Å²) in [4.78, 5) is 44.2. The van der Waals surface area contributed by atoms with Gasteiger partial charge in [0, 0.05) is 19.5 Å². The molecule has 0 saturated heterocycles. The zero-order valence-electron chi connectivity index (χ0n) is 12.1. The number of nitrogens with two attached hydrogens (primary N) is 1. The molecule has 21 heavy (non-hydrogen) atoms. The summed E-state index contributed by atoms with van der Waals surface area (Å²) < 4.78 is 0. The molecule has 0 aromatic carbocycles. The molecule has 6 N–H and O–H groups in total. The standard InChI is InChI=1S/C12H22N4O5/c1-7(2)6-15-10(18)3-4-14-12(21)16-8(11(19)20)5-9(13)17/h7-8H,3-6H2,1-2H3,(H2,13,17)(H,15,18)(H,19,20)(H2,14,16,21)/t8-/m0/s1. The highest BCUT2D eigenvalue weighted by molar-refractivity contribution is 5.87. The monoisotopic (exact) mass is 302 g/mol. The van der Waals surface area contributed by atoms with Gasteiger partial charge in [0.15, 0.2) is 0 Å². The summed E-state index contributed by atoms with van der Waals surface area (Å²) in [5.74, 6) is -2.08. The fourth-order valence-corrected chi connectivity index (χ4v) is 1.31. The molecule has 9 heteroatoms. The van der Waals surface area contributed by atoms with Gasteiger partial charge in [0.25, 0.3) is 0 Å². The number of primary amides is 1. The van der Waals surface area contributed by atoms with E-state index in [1.54, 1.807) is 0 Å². The van der Waals surface area contributed by atoms with E-state index in [1.807, 2.05) is 13.8 Å². The molecule has 0 heterocycles. The Balaban J connectivity index is 4.00. The van der Waals surface area contributed by atoms with Crippen molar-refractivity contribution in [1.29, 1.82) is 0 Å². The van der Waals surface area contributed by atoms with Crippen molar-refractivity contribution in [3.05, 3.63) is 0 Å². The lowest BCUT2D eigenvalue weighted by molar-refractivity contribution is -0.140. The van der Waals surface area contributed by atoms with Gasteiger partial charge in [0.2, 0.25) is 11.8 Å². The van der Waals surface area contributed by atoms with Crippen LogP contribution in [0.15, 0.2) is 0 Å². The van der Waals surface area contributed by atoms with E-state index in [1.165, 1.54) is 0 Å². The molecule has 0 fully saturated rings. The third-order valence-corrected chi connectivity index (χ3v) is 2.35. The smallest absolute Gasteiger partial charge is 0.326 e. The molecule has 0 aliphatic rings. The summed E-state index contributed by atoms with van der Waals surface area (Å²) in [6.07, 6.45) is -0.425. The van der Waals surface area contributed by atoms with Gasteiger partial charge in [-0.15, -0.1) is 0 Å². The second kappa shape index (κ2) is 9.56. The van der Waals surface area contributed by atoms with Gasteiger partial charge in [-0.05, 0) is 5.92 Å². The number of aliphatic carboxylic acids is 1. The number of carbonyl (C=O) groups excluding carboxylic acids is 3. The molecular formula is C12H22N4O5. The van der Waals surface area contributed by atoms with E-state index in [4.69, 9.17) is 10.8 Å². The summed E-state index contributed by atoms with van der Waals surface area (Å²) in [6, 6.07) is -2.17. The first-order valence-corrected chi connectivity index (χ1v) is 6.54. The summed E-state index contributed by atoms with van der Waals surface area (Å²) in [5, 5.41) is 15.9. The normalized spacial score (nSPS) is 11.6. The Bertz CT molecular complexity index is 397. The van der Waals surface area contributed by atoms with E-state index in [-0.39, 0.29) is 18.9 Å². The van der Waals surface area contributed by atoms with Crippen LogP contribution in [0.1, 0.15) is 26.7 Å². The summed E-state index contributed by atoms with van der Waals surface area (Å²) in [7, 11) is 0. The van der Waals surface area contributed by atoms with Crippen LogP contribution in [-0.4, -0.2) is 48.1 Å². The van der Waals surface area contributed by atoms with Gasteiger partial charge in [-0.2, -0.15) is 0 Å².